The van der Waals surface area contributed by atoms with Crippen molar-refractivity contribution in [3.63, 3.8) is 0 Å². The number of esters is 1. The lowest BCUT2D eigenvalue weighted by Crippen LogP contribution is -1.88. The molecule has 0 aliphatic rings. The molecule has 0 saturated heterocycles. The van der Waals surface area contributed by atoms with Crippen molar-refractivity contribution in [3.8, 4) is 11.1 Å². The molecule has 0 aliphatic heterocycles. The Morgan fingerprint density at radius 1 is 0.667 bits per heavy atom. The number of ether oxygens (including phenoxy) is 2. The second-order valence-corrected chi connectivity index (χ2v) is 3.84. The maximum absolute atomic E-state index is 9.59. The Morgan fingerprint density at radius 3 is 1.04 bits per heavy atom. The standard InChI is InChI=1S/C12H10.C3H6O2.C2H6O.2C2H6/c1-3-7-11(8-4-1)12-9-5-2-6-10-12;1-3(4)5-2;1-3-2;2*1-2/h1-10H;1-2H3;1-2H3;2*1-2H3. The van der Waals surface area contributed by atoms with Crippen LogP contribution in [0.15, 0.2) is 60.7 Å². The molecule has 136 valence electrons. The lowest BCUT2D eigenvalue weighted by Gasteiger charge is -1.98. The van der Waals surface area contributed by atoms with Gasteiger partial charge in [-0.05, 0) is 11.1 Å². The van der Waals surface area contributed by atoms with Crippen molar-refractivity contribution in [2.24, 2.45) is 0 Å². The van der Waals surface area contributed by atoms with Crippen molar-refractivity contribution in [3.05, 3.63) is 60.7 Å². The van der Waals surface area contributed by atoms with Crippen LogP contribution in [0.4, 0.5) is 0 Å². The molecule has 0 heterocycles. The third kappa shape index (κ3) is 17.9. The molecule has 0 radical (unpaired) electrons. The number of hydrogen-bond acceptors (Lipinski definition) is 3. The summed E-state index contributed by atoms with van der Waals surface area (Å²) in [5.74, 6) is -0.245. The molecule has 0 aliphatic carbocycles. The number of carbonyl (C=O) groups excluding carboxylic acids is 1. The lowest BCUT2D eigenvalue weighted by molar-refractivity contribution is -0.137. The van der Waals surface area contributed by atoms with Crippen LogP contribution in [0.1, 0.15) is 34.6 Å². The number of carbonyl (C=O) groups is 1. The summed E-state index contributed by atoms with van der Waals surface area (Å²) in [6, 6.07) is 20.8. The smallest absolute Gasteiger partial charge is 0.302 e. The van der Waals surface area contributed by atoms with E-state index in [0.29, 0.717) is 0 Å². The molecule has 0 bridgehead atoms. The fraction of sp³-hybridized carbons (Fsp3) is 0.381. The number of benzene rings is 2. The molecule has 0 spiro atoms. The fourth-order valence-corrected chi connectivity index (χ4v) is 1.26. The molecule has 0 fully saturated rings. The van der Waals surface area contributed by atoms with Crippen molar-refractivity contribution >= 4 is 5.97 Å². The van der Waals surface area contributed by atoms with Crippen LogP contribution < -0.4 is 0 Å². The zero-order valence-electron chi connectivity index (χ0n) is 16.5. The van der Waals surface area contributed by atoms with Gasteiger partial charge in [0.2, 0.25) is 0 Å². The Kier molecular flexibility index (Phi) is 25.8. The first-order valence-electron chi connectivity index (χ1n) is 8.20. The highest BCUT2D eigenvalue weighted by Crippen LogP contribution is 2.17. The Balaban J connectivity index is -0.000000311. The van der Waals surface area contributed by atoms with Crippen LogP contribution in [-0.2, 0) is 14.3 Å². The van der Waals surface area contributed by atoms with E-state index in [2.05, 4.69) is 58.0 Å². The quantitative estimate of drug-likeness (QED) is 0.614. The molecule has 0 atom stereocenters. The molecule has 2 rings (SSSR count). The van der Waals surface area contributed by atoms with Gasteiger partial charge in [0.05, 0.1) is 7.11 Å². The molecule has 0 aromatic heterocycles. The Hall–Kier alpha value is -2.13. The highest BCUT2D eigenvalue weighted by molar-refractivity contribution is 5.65. The fourth-order valence-electron chi connectivity index (χ4n) is 1.26. The Morgan fingerprint density at radius 2 is 0.875 bits per heavy atom. The van der Waals surface area contributed by atoms with Gasteiger partial charge in [0, 0.05) is 21.1 Å². The highest BCUT2D eigenvalue weighted by atomic mass is 16.5. The minimum atomic E-state index is -0.245. The van der Waals surface area contributed by atoms with Gasteiger partial charge in [-0.15, -0.1) is 0 Å². The van der Waals surface area contributed by atoms with Crippen LogP contribution in [0.25, 0.3) is 11.1 Å². The molecular weight excluding hydrogens is 300 g/mol. The summed E-state index contributed by atoms with van der Waals surface area (Å²) in [5, 5.41) is 0. The summed E-state index contributed by atoms with van der Waals surface area (Å²) in [6.45, 7) is 9.36. The van der Waals surface area contributed by atoms with E-state index < -0.39 is 0 Å². The molecule has 3 heteroatoms. The average molecular weight is 334 g/mol. The summed E-state index contributed by atoms with van der Waals surface area (Å²) >= 11 is 0. The van der Waals surface area contributed by atoms with E-state index in [0.717, 1.165) is 0 Å². The number of hydrogen-bond donors (Lipinski definition) is 0. The monoisotopic (exact) mass is 334 g/mol. The first-order chi connectivity index (χ1) is 11.7. The van der Waals surface area contributed by atoms with Gasteiger partial charge in [-0.3, -0.25) is 4.79 Å². The molecular formula is C21H34O3. The second-order valence-electron chi connectivity index (χ2n) is 3.84. The van der Waals surface area contributed by atoms with Gasteiger partial charge in [0.15, 0.2) is 0 Å². The van der Waals surface area contributed by atoms with Crippen LogP contribution in [0.3, 0.4) is 0 Å². The third-order valence-corrected chi connectivity index (χ3v) is 2.17. The van der Waals surface area contributed by atoms with E-state index in [9.17, 15) is 4.79 Å². The molecule has 0 unspecified atom stereocenters. The van der Waals surface area contributed by atoms with E-state index >= 15 is 0 Å². The summed E-state index contributed by atoms with van der Waals surface area (Å²) in [4.78, 5) is 9.59. The van der Waals surface area contributed by atoms with E-state index in [-0.39, 0.29) is 5.97 Å². The van der Waals surface area contributed by atoms with Crippen LogP contribution in [0, 0.1) is 0 Å². The van der Waals surface area contributed by atoms with Gasteiger partial charge in [0.1, 0.15) is 0 Å². The van der Waals surface area contributed by atoms with Crippen molar-refractivity contribution < 1.29 is 14.3 Å². The van der Waals surface area contributed by atoms with Gasteiger partial charge in [-0.25, -0.2) is 0 Å². The zero-order valence-corrected chi connectivity index (χ0v) is 16.5. The molecule has 2 aromatic rings. The lowest BCUT2D eigenvalue weighted by atomic mass is 10.1. The van der Waals surface area contributed by atoms with E-state index in [1.54, 1.807) is 14.2 Å². The predicted octanol–water partition coefficient (Wildman–Crippen LogP) is 5.85. The summed E-state index contributed by atoms with van der Waals surface area (Å²) in [6.07, 6.45) is 0. The van der Waals surface area contributed by atoms with Gasteiger partial charge in [-0.2, -0.15) is 0 Å². The van der Waals surface area contributed by atoms with Crippen LogP contribution in [0.5, 0.6) is 0 Å². The minimum absolute atomic E-state index is 0.245. The topological polar surface area (TPSA) is 35.5 Å². The largest absolute Gasteiger partial charge is 0.469 e. The number of methoxy groups -OCH3 is 2. The first kappa shape index (κ1) is 26.8. The van der Waals surface area contributed by atoms with Gasteiger partial charge in [-0.1, -0.05) is 88.4 Å². The maximum Gasteiger partial charge on any atom is 0.302 e. The van der Waals surface area contributed by atoms with Crippen LogP contribution in [0.2, 0.25) is 0 Å². The molecule has 0 saturated carbocycles. The van der Waals surface area contributed by atoms with Crippen LogP contribution >= 0.6 is 0 Å². The molecule has 3 nitrogen and oxygen atoms in total. The second kappa shape index (κ2) is 23.1. The van der Waals surface area contributed by atoms with Gasteiger partial charge >= 0.3 is 5.97 Å². The van der Waals surface area contributed by atoms with Crippen molar-refractivity contribution in [1.29, 1.82) is 0 Å². The SMILES string of the molecule is CC.CC.COC.COC(C)=O.c1ccc(-c2ccccc2)cc1. The summed E-state index contributed by atoms with van der Waals surface area (Å²) in [5.41, 5.74) is 2.55. The molecule has 24 heavy (non-hydrogen) atoms. The Bertz CT molecular complexity index is 416. The van der Waals surface area contributed by atoms with E-state index in [4.69, 9.17) is 0 Å². The van der Waals surface area contributed by atoms with Gasteiger partial charge < -0.3 is 9.47 Å². The average Bonchev–Trinajstić information content (AvgIpc) is 2.67. The molecule has 0 N–H and O–H groups in total. The number of rotatable bonds is 1. The van der Waals surface area contributed by atoms with Crippen molar-refractivity contribution in [2.45, 2.75) is 34.6 Å². The normalized spacial score (nSPS) is 7.50. The minimum Gasteiger partial charge on any atom is -0.469 e. The van der Waals surface area contributed by atoms with E-state index in [1.165, 1.54) is 25.2 Å². The molecule has 2 aromatic carbocycles. The van der Waals surface area contributed by atoms with Crippen LogP contribution in [-0.4, -0.2) is 27.3 Å². The third-order valence-electron chi connectivity index (χ3n) is 2.17. The van der Waals surface area contributed by atoms with Gasteiger partial charge in [0.25, 0.3) is 0 Å². The summed E-state index contributed by atoms with van der Waals surface area (Å²) in [7, 11) is 4.60. The van der Waals surface area contributed by atoms with Crippen molar-refractivity contribution in [1.82, 2.24) is 0 Å². The highest BCUT2D eigenvalue weighted by Gasteiger charge is 1.91. The predicted molar refractivity (Wildman–Crippen MR) is 105 cm³/mol. The summed E-state index contributed by atoms with van der Waals surface area (Å²) < 4.78 is 8.36. The van der Waals surface area contributed by atoms with Crippen molar-refractivity contribution in [2.75, 3.05) is 21.3 Å². The van der Waals surface area contributed by atoms with E-state index in [1.807, 2.05) is 39.8 Å². The first-order valence-corrected chi connectivity index (χ1v) is 8.20. The zero-order chi connectivity index (χ0) is 19.2. The maximum atomic E-state index is 9.59. The Labute approximate surface area is 148 Å². The molecule has 0 amide bonds.